The van der Waals surface area contributed by atoms with Gasteiger partial charge in [0, 0.05) is 12.1 Å². The molecule has 22 heavy (non-hydrogen) atoms. The predicted octanol–water partition coefficient (Wildman–Crippen LogP) is 4.40. The number of hydrogen-bond acceptors (Lipinski definition) is 3. The lowest BCUT2D eigenvalue weighted by Gasteiger charge is -2.22. The summed E-state index contributed by atoms with van der Waals surface area (Å²) in [6.45, 7) is 3.53. The summed E-state index contributed by atoms with van der Waals surface area (Å²) in [6, 6.07) is 2.13. The molecule has 1 unspecified atom stereocenters. The molecular formula is C13H15F6NO2. The Hall–Kier alpha value is -1.64. The summed E-state index contributed by atoms with van der Waals surface area (Å²) in [7, 11) is 1.55. The van der Waals surface area contributed by atoms with E-state index in [4.69, 9.17) is 0 Å². The molecule has 0 heterocycles. The van der Waals surface area contributed by atoms with Gasteiger partial charge in [-0.25, -0.2) is 0 Å². The van der Waals surface area contributed by atoms with Gasteiger partial charge in [0.1, 0.15) is 11.5 Å². The van der Waals surface area contributed by atoms with E-state index in [1.165, 1.54) is 0 Å². The molecule has 0 aliphatic carbocycles. The van der Waals surface area contributed by atoms with Crippen LogP contribution >= 0.6 is 0 Å². The minimum atomic E-state index is -5.01. The first-order chi connectivity index (χ1) is 9.91. The zero-order chi connectivity index (χ0) is 17.1. The van der Waals surface area contributed by atoms with Crippen LogP contribution in [0.3, 0.4) is 0 Å². The molecule has 0 bridgehead atoms. The lowest BCUT2D eigenvalue weighted by atomic mass is 9.96. The Labute approximate surface area is 123 Å². The van der Waals surface area contributed by atoms with Gasteiger partial charge in [-0.1, -0.05) is 13.8 Å². The van der Waals surface area contributed by atoms with Gasteiger partial charge in [0.25, 0.3) is 0 Å². The summed E-state index contributed by atoms with van der Waals surface area (Å²) >= 11 is 0. The standard InChI is InChI=1S/C13H15F6NO2/c1-7(2)11(20-3)8-4-9(21-12(14,15)16)6-10(5-8)22-13(17,18)19/h4-7,11,20H,1-3H3. The van der Waals surface area contributed by atoms with E-state index in [-0.39, 0.29) is 11.5 Å². The number of benzene rings is 1. The van der Waals surface area contributed by atoms with E-state index in [0.717, 1.165) is 12.1 Å². The van der Waals surface area contributed by atoms with E-state index in [2.05, 4.69) is 14.8 Å². The van der Waals surface area contributed by atoms with E-state index < -0.39 is 30.3 Å². The summed E-state index contributed by atoms with van der Waals surface area (Å²) in [4.78, 5) is 0. The molecule has 3 nitrogen and oxygen atoms in total. The Morgan fingerprint density at radius 1 is 0.864 bits per heavy atom. The van der Waals surface area contributed by atoms with E-state index in [0.29, 0.717) is 6.07 Å². The average Bonchev–Trinajstić information content (AvgIpc) is 2.23. The quantitative estimate of drug-likeness (QED) is 0.811. The van der Waals surface area contributed by atoms with E-state index >= 15 is 0 Å². The van der Waals surface area contributed by atoms with E-state index in [9.17, 15) is 26.3 Å². The molecule has 0 amide bonds. The maximum Gasteiger partial charge on any atom is 0.573 e. The normalized spacial score (nSPS) is 14.1. The van der Waals surface area contributed by atoms with Crippen molar-refractivity contribution < 1.29 is 35.8 Å². The molecule has 0 aliphatic heterocycles. The SMILES string of the molecule is CNC(c1cc(OC(F)(F)F)cc(OC(F)(F)F)c1)C(C)C. The molecule has 1 aromatic rings. The van der Waals surface area contributed by atoms with Gasteiger partial charge in [0.15, 0.2) is 0 Å². The van der Waals surface area contributed by atoms with Gasteiger partial charge in [0.2, 0.25) is 0 Å². The molecule has 0 aliphatic rings. The van der Waals surface area contributed by atoms with Crippen molar-refractivity contribution in [3.8, 4) is 11.5 Å². The highest BCUT2D eigenvalue weighted by Crippen LogP contribution is 2.34. The van der Waals surface area contributed by atoms with Crippen molar-refractivity contribution in [2.24, 2.45) is 5.92 Å². The number of hydrogen-bond donors (Lipinski definition) is 1. The van der Waals surface area contributed by atoms with Crippen LogP contribution in [-0.4, -0.2) is 19.8 Å². The van der Waals surface area contributed by atoms with Crippen LogP contribution in [0.5, 0.6) is 11.5 Å². The number of nitrogens with one attached hydrogen (secondary N) is 1. The van der Waals surface area contributed by atoms with Crippen LogP contribution in [0.2, 0.25) is 0 Å². The van der Waals surface area contributed by atoms with Gasteiger partial charge < -0.3 is 14.8 Å². The molecular weight excluding hydrogens is 316 g/mol. The molecule has 1 atom stereocenters. The van der Waals surface area contributed by atoms with E-state index in [1.807, 2.05) is 0 Å². The molecule has 1 N–H and O–H groups in total. The topological polar surface area (TPSA) is 30.5 Å². The van der Waals surface area contributed by atoms with Crippen molar-refractivity contribution >= 4 is 0 Å². The third-order valence-corrected chi connectivity index (χ3v) is 2.71. The third-order valence-electron chi connectivity index (χ3n) is 2.71. The highest BCUT2D eigenvalue weighted by molar-refractivity contribution is 5.40. The van der Waals surface area contributed by atoms with E-state index in [1.54, 1.807) is 20.9 Å². The summed E-state index contributed by atoms with van der Waals surface area (Å²) in [5.74, 6) is -1.62. The Morgan fingerprint density at radius 3 is 1.55 bits per heavy atom. The van der Waals surface area contributed by atoms with Gasteiger partial charge >= 0.3 is 12.7 Å². The van der Waals surface area contributed by atoms with Crippen molar-refractivity contribution in [1.82, 2.24) is 5.32 Å². The smallest absolute Gasteiger partial charge is 0.406 e. The summed E-state index contributed by atoms with van der Waals surface area (Å²) < 4.78 is 81.1. The van der Waals surface area contributed by atoms with Crippen LogP contribution in [0.1, 0.15) is 25.5 Å². The number of ether oxygens (including phenoxy) is 2. The van der Waals surface area contributed by atoms with Crippen molar-refractivity contribution in [1.29, 1.82) is 0 Å². The zero-order valence-corrected chi connectivity index (χ0v) is 12.0. The molecule has 0 spiro atoms. The molecule has 0 saturated carbocycles. The second-order valence-corrected chi connectivity index (χ2v) is 4.84. The molecule has 9 heteroatoms. The number of halogens is 6. The van der Waals surface area contributed by atoms with Gasteiger partial charge in [-0.05, 0) is 30.7 Å². The summed E-state index contributed by atoms with van der Waals surface area (Å²) in [6.07, 6.45) is -10.0. The second kappa shape index (κ2) is 6.64. The lowest BCUT2D eigenvalue weighted by Crippen LogP contribution is -2.23. The van der Waals surface area contributed by atoms with Crippen LogP contribution in [0.25, 0.3) is 0 Å². The van der Waals surface area contributed by atoms with Crippen LogP contribution in [-0.2, 0) is 0 Å². The average molecular weight is 331 g/mol. The fraction of sp³-hybridized carbons (Fsp3) is 0.538. The van der Waals surface area contributed by atoms with Crippen LogP contribution in [0, 0.1) is 5.92 Å². The summed E-state index contributed by atoms with van der Waals surface area (Å²) in [5, 5.41) is 2.82. The van der Waals surface area contributed by atoms with Crippen LogP contribution < -0.4 is 14.8 Å². The molecule has 0 aromatic heterocycles. The summed E-state index contributed by atoms with van der Waals surface area (Å²) in [5.41, 5.74) is 0.193. The van der Waals surface area contributed by atoms with Crippen LogP contribution in [0.15, 0.2) is 18.2 Å². The molecule has 0 fully saturated rings. The fourth-order valence-corrected chi connectivity index (χ4v) is 2.04. The Kier molecular flexibility index (Phi) is 5.55. The Morgan fingerprint density at radius 2 is 1.27 bits per heavy atom. The van der Waals surface area contributed by atoms with Gasteiger partial charge in [-0.2, -0.15) is 0 Å². The minimum absolute atomic E-state index is 0.0788. The largest absolute Gasteiger partial charge is 0.573 e. The first-order valence-corrected chi connectivity index (χ1v) is 6.25. The Balaban J connectivity index is 3.25. The van der Waals surface area contributed by atoms with Gasteiger partial charge in [0.05, 0.1) is 0 Å². The first kappa shape index (κ1) is 18.4. The van der Waals surface area contributed by atoms with Crippen molar-refractivity contribution in [2.75, 3.05) is 7.05 Å². The highest BCUT2D eigenvalue weighted by atomic mass is 19.4. The van der Waals surface area contributed by atoms with Crippen LogP contribution in [0.4, 0.5) is 26.3 Å². The Bertz CT molecular complexity index is 464. The number of rotatable bonds is 5. The van der Waals surface area contributed by atoms with Gasteiger partial charge in [-0.15, -0.1) is 26.3 Å². The first-order valence-electron chi connectivity index (χ1n) is 6.25. The third kappa shape index (κ3) is 6.00. The monoisotopic (exact) mass is 331 g/mol. The van der Waals surface area contributed by atoms with Crippen molar-refractivity contribution in [2.45, 2.75) is 32.6 Å². The lowest BCUT2D eigenvalue weighted by molar-refractivity contribution is -0.276. The molecule has 0 saturated heterocycles. The van der Waals surface area contributed by atoms with Crippen molar-refractivity contribution in [3.63, 3.8) is 0 Å². The maximum absolute atomic E-state index is 12.3. The second-order valence-electron chi connectivity index (χ2n) is 4.84. The molecule has 1 rings (SSSR count). The molecule has 126 valence electrons. The maximum atomic E-state index is 12.3. The molecule has 1 aromatic carbocycles. The zero-order valence-electron chi connectivity index (χ0n) is 12.0. The van der Waals surface area contributed by atoms with Crippen molar-refractivity contribution in [3.05, 3.63) is 23.8 Å². The highest BCUT2D eigenvalue weighted by Gasteiger charge is 2.34. The fourth-order valence-electron chi connectivity index (χ4n) is 2.04. The predicted molar refractivity (Wildman–Crippen MR) is 66.4 cm³/mol. The molecule has 0 radical (unpaired) electrons. The minimum Gasteiger partial charge on any atom is -0.406 e. The number of alkyl halides is 6. The van der Waals surface area contributed by atoms with Gasteiger partial charge in [-0.3, -0.25) is 0 Å².